The monoisotopic (exact) mass is 1050 g/mol. The first-order chi connectivity index (χ1) is 32.7. The number of carbonyl (C=O) groups is 1. The topological polar surface area (TPSA) is 92.7 Å². The van der Waals surface area contributed by atoms with Gasteiger partial charge in [-0.25, -0.2) is 4.79 Å². The molecular weight excluding hydrogens is 964 g/mol. The second kappa shape index (κ2) is 24.3. The quantitative estimate of drug-likeness (QED) is 0.0242. The Morgan fingerprint density at radius 1 is 0.857 bits per heavy atom. The molecule has 13 heteroatoms. The fourth-order valence-corrected chi connectivity index (χ4v) is 16.4. The van der Waals surface area contributed by atoms with Crippen molar-refractivity contribution in [3.63, 3.8) is 0 Å². The molecule has 0 aliphatic carbocycles. The van der Waals surface area contributed by atoms with Crippen LogP contribution >= 0.6 is 23.4 Å². The van der Waals surface area contributed by atoms with E-state index in [2.05, 4.69) is 130 Å². The van der Waals surface area contributed by atoms with Gasteiger partial charge in [-0.15, -0.1) is 11.8 Å². The van der Waals surface area contributed by atoms with Gasteiger partial charge in [0.1, 0.15) is 17.4 Å². The normalized spacial score (nSPS) is 18.6. The molecule has 0 bridgehead atoms. The molecule has 0 spiro atoms. The van der Waals surface area contributed by atoms with E-state index >= 15 is 0 Å². The minimum absolute atomic E-state index is 0.0565. The van der Waals surface area contributed by atoms with Crippen molar-refractivity contribution >= 4 is 64.4 Å². The zero-order valence-electron chi connectivity index (χ0n) is 44.8. The first kappa shape index (κ1) is 57.9. The number of benzene rings is 4. The lowest BCUT2D eigenvalue weighted by atomic mass is 9.87. The van der Waals surface area contributed by atoms with Crippen LogP contribution in [0, 0.1) is 11.8 Å². The zero-order valence-corrected chi connectivity index (χ0v) is 49.3. The maximum atomic E-state index is 14.3. The Kier molecular flexibility index (Phi) is 20.1. The first-order valence-corrected chi connectivity index (χ1v) is 34.9. The smallest absolute Gasteiger partial charge is 0.342 e. The molecule has 70 heavy (non-hydrogen) atoms. The van der Waals surface area contributed by atoms with Gasteiger partial charge in [0.05, 0.1) is 18.8 Å². The lowest BCUT2D eigenvalue weighted by Crippen LogP contribution is -2.65. The van der Waals surface area contributed by atoms with E-state index < -0.39 is 53.7 Å². The molecule has 0 radical (unpaired) electrons. The summed E-state index contributed by atoms with van der Waals surface area (Å²) in [6.07, 6.45) is 5.36. The SMILES string of the molecule is COCOc1cc(Cl)cc(C(CC[C@@H]2OC(C)(C)O[C@@H]2C(/C=C\[C@@H](C)[C@H](C)CC(C)(C)[Si](O)(c2ccccc2)c2ccccc2)O[Si](C)(C)C(C)(C)C)Sc2ccccc2)c1C(=O)OCC[Si](C)(C)C. The number of rotatable bonds is 24. The summed E-state index contributed by atoms with van der Waals surface area (Å²) < 4.78 is 38.6. The number of allylic oxidation sites excluding steroid dienone is 1. The summed E-state index contributed by atoms with van der Waals surface area (Å²) in [5.41, 5.74) is 1.09. The Morgan fingerprint density at radius 3 is 1.97 bits per heavy atom. The molecule has 1 aliphatic rings. The van der Waals surface area contributed by atoms with E-state index in [9.17, 15) is 9.59 Å². The van der Waals surface area contributed by atoms with Crippen LogP contribution in [0.15, 0.2) is 120 Å². The highest BCUT2D eigenvalue weighted by Crippen LogP contribution is 2.47. The van der Waals surface area contributed by atoms with Gasteiger partial charge in [0, 0.05) is 30.4 Å². The molecule has 4 aromatic carbocycles. The van der Waals surface area contributed by atoms with E-state index in [1.165, 1.54) is 0 Å². The van der Waals surface area contributed by atoms with E-state index in [1.54, 1.807) is 24.9 Å². The van der Waals surface area contributed by atoms with Crippen LogP contribution in [0.4, 0.5) is 0 Å². The Morgan fingerprint density at radius 2 is 1.43 bits per heavy atom. The molecule has 0 aromatic heterocycles. The van der Waals surface area contributed by atoms with Crippen molar-refractivity contribution < 1.29 is 37.7 Å². The lowest BCUT2D eigenvalue weighted by Gasteiger charge is -2.43. The molecule has 4 aromatic rings. The van der Waals surface area contributed by atoms with Crippen molar-refractivity contribution in [2.45, 2.75) is 165 Å². The summed E-state index contributed by atoms with van der Waals surface area (Å²) in [7, 11) is -5.53. The van der Waals surface area contributed by atoms with Crippen molar-refractivity contribution in [3.05, 3.63) is 131 Å². The molecule has 0 saturated carbocycles. The third-order valence-corrected chi connectivity index (χ3v) is 26.5. The van der Waals surface area contributed by atoms with Gasteiger partial charge in [0.2, 0.25) is 0 Å². The van der Waals surface area contributed by atoms with Gasteiger partial charge >= 0.3 is 5.97 Å². The van der Waals surface area contributed by atoms with Crippen LogP contribution in [0.1, 0.15) is 103 Å². The molecule has 1 heterocycles. The highest BCUT2D eigenvalue weighted by Gasteiger charge is 2.51. The summed E-state index contributed by atoms with van der Waals surface area (Å²) in [6.45, 7) is 31.4. The molecule has 5 rings (SSSR count). The van der Waals surface area contributed by atoms with Gasteiger partial charge in [-0.2, -0.15) is 0 Å². The number of carbonyl (C=O) groups excluding carboxylic acids is 1. The molecule has 2 unspecified atom stereocenters. The summed E-state index contributed by atoms with van der Waals surface area (Å²) in [5.74, 6) is -0.623. The van der Waals surface area contributed by atoms with Crippen LogP contribution in [0.3, 0.4) is 0 Å². The molecular formula is C57H83ClO8SSi3. The Bertz CT molecular complexity index is 2260. The average molecular weight is 1050 g/mol. The largest absolute Gasteiger partial charge is 0.467 e. The molecule has 384 valence electrons. The summed E-state index contributed by atoms with van der Waals surface area (Å²) in [5, 5.41) is 1.76. The Labute approximate surface area is 433 Å². The maximum Gasteiger partial charge on any atom is 0.342 e. The molecule has 1 aliphatic heterocycles. The second-order valence-electron chi connectivity index (χ2n) is 23.1. The number of esters is 1. The summed E-state index contributed by atoms with van der Waals surface area (Å²) in [4.78, 5) is 28.3. The minimum Gasteiger partial charge on any atom is -0.467 e. The first-order valence-electron chi connectivity index (χ1n) is 25.1. The predicted octanol–water partition coefficient (Wildman–Crippen LogP) is 14.1. The number of hydrogen-bond acceptors (Lipinski definition) is 9. The van der Waals surface area contributed by atoms with Crippen molar-refractivity contribution in [1.82, 2.24) is 0 Å². The van der Waals surface area contributed by atoms with Crippen molar-refractivity contribution in [1.29, 1.82) is 0 Å². The van der Waals surface area contributed by atoms with Crippen LogP contribution in [-0.2, 0) is 23.4 Å². The van der Waals surface area contributed by atoms with Crippen LogP contribution in [0.5, 0.6) is 5.75 Å². The van der Waals surface area contributed by atoms with Crippen LogP contribution in [-0.4, -0.2) is 80.1 Å². The van der Waals surface area contributed by atoms with E-state index in [-0.39, 0.29) is 35.0 Å². The number of hydrogen-bond donors (Lipinski definition) is 1. The summed E-state index contributed by atoms with van der Waals surface area (Å²) >= 11 is 8.56. The van der Waals surface area contributed by atoms with E-state index in [4.69, 9.17) is 39.7 Å². The summed E-state index contributed by atoms with van der Waals surface area (Å²) in [6, 6.07) is 35.1. The van der Waals surface area contributed by atoms with Gasteiger partial charge < -0.3 is 32.9 Å². The van der Waals surface area contributed by atoms with Gasteiger partial charge in [0.25, 0.3) is 8.32 Å². The third-order valence-electron chi connectivity index (χ3n) is 14.3. The number of methoxy groups -OCH3 is 1. The molecule has 6 atom stereocenters. The maximum absolute atomic E-state index is 14.3. The Balaban J connectivity index is 1.50. The Hall–Kier alpha value is -3.02. The van der Waals surface area contributed by atoms with E-state index in [0.29, 0.717) is 35.8 Å². The molecule has 1 saturated heterocycles. The minimum atomic E-state index is -3.21. The fraction of sp³-hybridized carbons (Fsp3) is 0.526. The van der Waals surface area contributed by atoms with Crippen LogP contribution in [0.25, 0.3) is 0 Å². The van der Waals surface area contributed by atoms with Gasteiger partial charge in [-0.05, 0) is 114 Å². The molecule has 1 fully saturated rings. The van der Waals surface area contributed by atoms with Crippen LogP contribution < -0.4 is 15.1 Å². The second-order valence-corrected chi connectivity index (χ2v) is 39.1. The van der Waals surface area contributed by atoms with Gasteiger partial charge in [-0.1, -0.05) is 171 Å². The van der Waals surface area contributed by atoms with E-state index in [1.807, 2.05) is 74.5 Å². The zero-order chi connectivity index (χ0) is 51.7. The van der Waals surface area contributed by atoms with Gasteiger partial charge in [0.15, 0.2) is 20.9 Å². The number of ether oxygens (including phenoxy) is 5. The molecule has 0 amide bonds. The standard InChI is InChI=1S/C57H83ClO8SSi3/c1-41(42(2)39-56(6,7)70(60,45-27-21-17-22-28-45)46-29-23-18-24-30-46)31-32-49(66-69(14,15)55(3,4)5)53-48(64-57(8,9)65-53)33-34-51(67-44-25-19-16-20-26-44)47-37-43(58)38-50(63-40-61-10)52(47)54(59)62-35-36-68(11,12)13/h16-32,37-38,41-42,48-49,51,53,60H,33-36,39-40H2,1-15H3/b32-31-/t41-,42-,48+,49?,51?,53+/m1/s1. The number of thioether (sulfide) groups is 1. The highest BCUT2D eigenvalue weighted by molar-refractivity contribution is 7.99. The van der Waals surface area contributed by atoms with Gasteiger partial charge in [-0.3, -0.25) is 0 Å². The fourth-order valence-electron chi connectivity index (χ4n) is 9.11. The van der Waals surface area contributed by atoms with Crippen molar-refractivity contribution in [2.24, 2.45) is 11.8 Å². The van der Waals surface area contributed by atoms with Crippen LogP contribution in [0.2, 0.25) is 53.9 Å². The third kappa shape index (κ3) is 15.3. The molecule has 8 nitrogen and oxygen atoms in total. The highest BCUT2D eigenvalue weighted by atomic mass is 35.5. The predicted molar refractivity (Wildman–Crippen MR) is 299 cm³/mol. The lowest BCUT2D eigenvalue weighted by molar-refractivity contribution is -0.152. The average Bonchev–Trinajstić information content (AvgIpc) is 3.61. The number of halogens is 1. The molecule has 1 N–H and O–H groups in total. The van der Waals surface area contributed by atoms with Crippen molar-refractivity contribution in [2.75, 3.05) is 20.5 Å². The van der Waals surface area contributed by atoms with E-state index in [0.717, 1.165) is 33.3 Å². The van der Waals surface area contributed by atoms with Crippen molar-refractivity contribution in [3.8, 4) is 5.75 Å².